The second kappa shape index (κ2) is 9.42. The Hall–Kier alpha value is -3.71. The van der Waals surface area contributed by atoms with Crippen molar-refractivity contribution in [1.29, 1.82) is 0 Å². The summed E-state index contributed by atoms with van der Waals surface area (Å²) in [6.45, 7) is 8.59. The van der Waals surface area contributed by atoms with Crippen LogP contribution in [0.3, 0.4) is 0 Å². The first kappa shape index (κ1) is 22.5. The number of carbonyl (C=O) groups excluding carboxylic acids is 1. The number of furan rings is 1. The first-order valence-electron chi connectivity index (χ1n) is 10.6. The quantitative estimate of drug-likeness (QED) is 0.249. The fraction of sp³-hybridized carbons (Fsp3) is 0.192. The Morgan fingerprint density at radius 3 is 2.42 bits per heavy atom. The molecule has 0 spiro atoms. The molecule has 0 bridgehead atoms. The minimum absolute atomic E-state index is 0.109. The maximum Gasteiger partial charge on any atom is 0.292 e. The molecule has 0 radical (unpaired) electrons. The molecule has 0 saturated carbocycles. The van der Waals surface area contributed by atoms with E-state index in [2.05, 4.69) is 53.7 Å². The van der Waals surface area contributed by atoms with Crippen molar-refractivity contribution in [3.63, 3.8) is 0 Å². The number of anilines is 2. The minimum atomic E-state index is -0.328. The van der Waals surface area contributed by atoms with Gasteiger partial charge >= 0.3 is 0 Å². The van der Waals surface area contributed by atoms with Crippen molar-refractivity contribution < 1.29 is 9.21 Å². The third-order valence-corrected chi connectivity index (χ3v) is 5.95. The highest BCUT2D eigenvalue weighted by atomic mass is 32.1. The normalized spacial score (nSPS) is 11.6. The molecule has 2 heterocycles. The molecule has 2 N–H and O–H groups in total. The van der Waals surface area contributed by atoms with Gasteiger partial charge in [0.2, 0.25) is 5.13 Å². The van der Waals surface area contributed by atoms with E-state index in [1.165, 1.54) is 23.2 Å². The van der Waals surface area contributed by atoms with Crippen molar-refractivity contribution in [2.45, 2.75) is 33.1 Å². The van der Waals surface area contributed by atoms with E-state index in [1.807, 2.05) is 43.3 Å². The lowest BCUT2D eigenvalue weighted by molar-refractivity contribution is 0.0997. The number of aromatic nitrogens is 1. The highest BCUT2D eigenvalue weighted by molar-refractivity contribution is 7.20. The first-order valence-corrected chi connectivity index (χ1v) is 11.4. The maximum atomic E-state index is 12.5. The van der Waals surface area contributed by atoms with Gasteiger partial charge in [0.15, 0.2) is 5.76 Å². The Bertz CT molecular complexity index is 1250. The Labute approximate surface area is 197 Å². The highest BCUT2D eigenvalue weighted by Crippen LogP contribution is 2.36. The van der Waals surface area contributed by atoms with Crippen molar-refractivity contribution in [3.8, 4) is 11.3 Å². The predicted octanol–water partition coefficient (Wildman–Crippen LogP) is 6.71. The summed E-state index contributed by atoms with van der Waals surface area (Å²) >= 11 is 1.32. The van der Waals surface area contributed by atoms with E-state index >= 15 is 0 Å². The summed E-state index contributed by atoms with van der Waals surface area (Å²) < 4.78 is 5.21. The second-order valence-corrected chi connectivity index (χ2v) is 9.74. The van der Waals surface area contributed by atoms with Crippen LogP contribution >= 0.6 is 11.3 Å². The molecule has 0 aliphatic rings. The molecule has 6 nitrogen and oxygen atoms in total. The van der Waals surface area contributed by atoms with Crippen molar-refractivity contribution in [2.24, 2.45) is 5.10 Å². The van der Waals surface area contributed by atoms with Gasteiger partial charge in [0.25, 0.3) is 5.91 Å². The zero-order valence-corrected chi connectivity index (χ0v) is 19.9. The topological polar surface area (TPSA) is 79.5 Å². The largest absolute Gasteiger partial charge is 0.459 e. The number of carbonyl (C=O) groups is 1. The average Bonchev–Trinajstić information content (AvgIpc) is 3.45. The molecule has 2 aromatic carbocycles. The molecule has 0 aliphatic heterocycles. The maximum absolute atomic E-state index is 12.5. The number of benzene rings is 2. The van der Waals surface area contributed by atoms with Crippen molar-refractivity contribution in [1.82, 2.24) is 4.98 Å². The average molecular weight is 459 g/mol. The summed E-state index contributed by atoms with van der Waals surface area (Å²) in [6, 6.07) is 19.6. The third kappa shape index (κ3) is 5.56. The van der Waals surface area contributed by atoms with Crippen LogP contribution < -0.4 is 10.7 Å². The monoisotopic (exact) mass is 458 g/mol. The summed E-state index contributed by atoms with van der Waals surface area (Å²) in [5.41, 5.74) is 8.08. The van der Waals surface area contributed by atoms with Gasteiger partial charge in [0.05, 0.1) is 12.5 Å². The summed E-state index contributed by atoms with van der Waals surface area (Å²) in [5.74, 6) is -0.0875. The van der Waals surface area contributed by atoms with Gasteiger partial charge in [-0.2, -0.15) is 5.10 Å². The zero-order chi connectivity index (χ0) is 23.4. The van der Waals surface area contributed by atoms with Crippen molar-refractivity contribution >= 4 is 33.6 Å². The summed E-state index contributed by atoms with van der Waals surface area (Å²) in [6.07, 6.45) is 3.22. The van der Waals surface area contributed by atoms with Gasteiger partial charge in [-0.1, -0.05) is 86.2 Å². The van der Waals surface area contributed by atoms with Gasteiger partial charge in [-0.25, -0.2) is 4.98 Å². The lowest BCUT2D eigenvalue weighted by Gasteiger charge is -2.18. The number of nitrogens with one attached hydrogen (secondary N) is 2. The number of hydrogen-bond acceptors (Lipinski definition) is 6. The lowest BCUT2D eigenvalue weighted by atomic mass is 9.87. The van der Waals surface area contributed by atoms with Crippen LogP contribution in [0, 0.1) is 6.92 Å². The molecule has 33 heavy (non-hydrogen) atoms. The van der Waals surface area contributed by atoms with E-state index < -0.39 is 0 Å². The van der Waals surface area contributed by atoms with Crippen LogP contribution in [-0.4, -0.2) is 17.1 Å². The standard InChI is InChI=1S/C26H26N4O2S/c1-17-7-11-19(12-8-17)22-24(29-23(31)21-6-5-15-32-21)33-25(28-22)30-27-16-18-9-13-20(14-10-18)26(2,3)4/h5-16H,1-4H3,(H,28,30)(H,29,31)/b27-16+. The summed E-state index contributed by atoms with van der Waals surface area (Å²) in [5, 5.41) is 8.43. The molecule has 0 saturated heterocycles. The molecule has 0 aliphatic carbocycles. The van der Waals surface area contributed by atoms with E-state index in [-0.39, 0.29) is 17.1 Å². The number of hydrazone groups is 1. The Morgan fingerprint density at radius 1 is 1.06 bits per heavy atom. The zero-order valence-electron chi connectivity index (χ0n) is 19.0. The first-order chi connectivity index (χ1) is 15.8. The number of aryl methyl sites for hydroxylation is 1. The number of hydrogen-bond donors (Lipinski definition) is 2. The molecule has 0 unspecified atom stereocenters. The lowest BCUT2D eigenvalue weighted by Crippen LogP contribution is -2.10. The van der Waals surface area contributed by atoms with Crippen LogP contribution in [0.5, 0.6) is 0 Å². The van der Waals surface area contributed by atoms with Crippen LogP contribution in [0.15, 0.2) is 76.4 Å². The summed E-state index contributed by atoms with van der Waals surface area (Å²) in [7, 11) is 0. The van der Waals surface area contributed by atoms with E-state index in [0.29, 0.717) is 15.8 Å². The van der Waals surface area contributed by atoms with E-state index in [1.54, 1.807) is 18.3 Å². The number of nitrogens with zero attached hydrogens (tertiary/aromatic N) is 2. The fourth-order valence-corrected chi connectivity index (χ4v) is 4.00. The van der Waals surface area contributed by atoms with Gasteiger partial charge in [0, 0.05) is 5.56 Å². The highest BCUT2D eigenvalue weighted by Gasteiger charge is 2.18. The van der Waals surface area contributed by atoms with Gasteiger partial charge in [-0.3, -0.25) is 10.2 Å². The second-order valence-electron chi connectivity index (χ2n) is 8.74. The van der Waals surface area contributed by atoms with Gasteiger partial charge in [-0.05, 0) is 35.6 Å². The van der Waals surface area contributed by atoms with Crippen molar-refractivity contribution in [3.05, 3.63) is 89.4 Å². The molecule has 0 atom stereocenters. The molecule has 4 aromatic rings. The van der Waals surface area contributed by atoms with E-state index in [0.717, 1.165) is 16.7 Å². The molecule has 1 amide bonds. The van der Waals surface area contributed by atoms with E-state index in [9.17, 15) is 4.79 Å². The van der Waals surface area contributed by atoms with Crippen LogP contribution in [0.4, 0.5) is 10.1 Å². The Morgan fingerprint density at radius 2 is 1.79 bits per heavy atom. The Balaban J connectivity index is 1.54. The van der Waals surface area contributed by atoms with Crippen molar-refractivity contribution in [2.75, 3.05) is 10.7 Å². The SMILES string of the molecule is Cc1ccc(-c2nc(N/N=C/c3ccc(C(C)(C)C)cc3)sc2NC(=O)c2ccco2)cc1. The fourth-order valence-electron chi connectivity index (χ4n) is 3.16. The number of amides is 1. The minimum Gasteiger partial charge on any atom is -0.459 e. The third-order valence-electron chi connectivity index (χ3n) is 5.07. The van der Waals surface area contributed by atoms with Crippen LogP contribution in [-0.2, 0) is 5.41 Å². The van der Waals surface area contributed by atoms with Gasteiger partial charge < -0.3 is 9.73 Å². The molecule has 7 heteroatoms. The van der Waals surface area contributed by atoms with E-state index in [4.69, 9.17) is 4.42 Å². The molecular formula is C26H26N4O2S. The van der Waals surface area contributed by atoms with Crippen LogP contribution in [0.25, 0.3) is 11.3 Å². The molecular weight excluding hydrogens is 432 g/mol. The molecule has 0 fully saturated rings. The van der Waals surface area contributed by atoms with Gasteiger partial charge in [-0.15, -0.1) is 0 Å². The molecule has 4 rings (SSSR count). The molecule has 168 valence electrons. The smallest absolute Gasteiger partial charge is 0.292 e. The van der Waals surface area contributed by atoms with Crippen LogP contribution in [0.2, 0.25) is 0 Å². The Kier molecular flexibility index (Phi) is 6.42. The van der Waals surface area contributed by atoms with Crippen LogP contribution in [0.1, 0.15) is 48.0 Å². The van der Waals surface area contributed by atoms with Gasteiger partial charge in [0.1, 0.15) is 10.7 Å². The molecule has 2 aromatic heterocycles. The number of rotatable bonds is 6. The number of thiazole rings is 1. The summed E-state index contributed by atoms with van der Waals surface area (Å²) in [4.78, 5) is 17.2. The predicted molar refractivity (Wildman–Crippen MR) is 135 cm³/mol.